The van der Waals surface area contributed by atoms with Gasteiger partial charge < -0.3 is 14.4 Å². The minimum atomic E-state index is -0.381. The van der Waals surface area contributed by atoms with Gasteiger partial charge in [-0.3, -0.25) is 9.59 Å². The normalized spacial score (nSPS) is 12.3. The first-order valence-corrected chi connectivity index (χ1v) is 13.9. The summed E-state index contributed by atoms with van der Waals surface area (Å²) in [5, 5.41) is 0. The Morgan fingerprint density at radius 2 is 1.24 bits per heavy atom. The van der Waals surface area contributed by atoms with E-state index in [0.29, 0.717) is 12.8 Å². The molecule has 5 heteroatoms. The molecule has 0 aromatic carbocycles. The van der Waals surface area contributed by atoms with Gasteiger partial charge in [0.1, 0.15) is 12.7 Å². The lowest BCUT2D eigenvalue weighted by molar-refractivity contribution is -0.158. The third-order valence-electron chi connectivity index (χ3n) is 6.22. The molecule has 0 amide bonds. The zero-order chi connectivity index (χ0) is 24.7. The Balaban J connectivity index is 3.98. The lowest BCUT2D eigenvalue weighted by Gasteiger charge is -2.17. The first-order valence-electron chi connectivity index (χ1n) is 13.9. The van der Waals surface area contributed by atoms with E-state index >= 15 is 0 Å². The van der Waals surface area contributed by atoms with Crippen molar-refractivity contribution < 1.29 is 19.1 Å². The number of rotatable bonds is 23. The summed E-state index contributed by atoms with van der Waals surface area (Å²) in [6, 6.07) is 0. The highest BCUT2D eigenvalue weighted by Crippen LogP contribution is 2.23. The summed E-state index contributed by atoms with van der Waals surface area (Å²) in [6.45, 7) is 7.49. The summed E-state index contributed by atoms with van der Waals surface area (Å²) >= 11 is 0. The third-order valence-corrected chi connectivity index (χ3v) is 6.22. The molecular formula is C28H55NO4. The molecule has 0 aromatic rings. The average molecular weight is 470 g/mol. The Hall–Kier alpha value is -1.10. The number of ether oxygens (including phenoxy) is 2. The van der Waals surface area contributed by atoms with Crippen LogP contribution in [0.3, 0.4) is 0 Å². The van der Waals surface area contributed by atoms with Gasteiger partial charge in [0.2, 0.25) is 0 Å². The molecule has 0 aliphatic heterocycles. The highest BCUT2D eigenvalue weighted by molar-refractivity contribution is 5.70. The van der Waals surface area contributed by atoms with E-state index in [0.717, 1.165) is 44.6 Å². The zero-order valence-electron chi connectivity index (χ0n) is 22.7. The zero-order valence-corrected chi connectivity index (χ0v) is 22.7. The van der Waals surface area contributed by atoms with Gasteiger partial charge in [0.25, 0.3) is 0 Å². The summed E-state index contributed by atoms with van der Waals surface area (Å²) in [6.07, 6.45) is 18.6. The van der Waals surface area contributed by atoms with E-state index in [2.05, 4.69) is 32.8 Å². The Labute approximate surface area is 205 Å². The molecule has 0 N–H and O–H groups in total. The molecule has 0 fully saturated rings. The second kappa shape index (κ2) is 22.7. The second-order valence-corrected chi connectivity index (χ2v) is 10.1. The fourth-order valence-electron chi connectivity index (χ4n) is 4.16. The molecule has 1 unspecified atom stereocenters. The summed E-state index contributed by atoms with van der Waals surface area (Å²) in [5.41, 5.74) is 0. The molecule has 33 heavy (non-hydrogen) atoms. The molecule has 0 aliphatic rings. The van der Waals surface area contributed by atoms with Gasteiger partial charge in [0.05, 0.1) is 0 Å². The van der Waals surface area contributed by atoms with Crippen molar-refractivity contribution in [1.82, 2.24) is 4.90 Å². The minimum absolute atomic E-state index is 0.155. The van der Waals surface area contributed by atoms with Crippen LogP contribution in [0.15, 0.2) is 0 Å². The number of carbonyl (C=O) groups is 2. The predicted molar refractivity (Wildman–Crippen MR) is 138 cm³/mol. The van der Waals surface area contributed by atoms with Crippen LogP contribution in [-0.4, -0.2) is 50.2 Å². The molecule has 0 bridgehead atoms. The quantitative estimate of drug-likeness (QED) is 0.116. The largest absolute Gasteiger partial charge is 0.462 e. The van der Waals surface area contributed by atoms with Gasteiger partial charge in [-0.15, -0.1) is 0 Å². The second-order valence-electron chi connectivity index (χ2n) is 10.1. The van der Waals surface area contributed by atoms with Crippen molar-refractivity contribution in [3.8, 4) is 0 Å². The van der Waals surface area contributed by atoms with Gasteiger partial charge in [-0.1, -0.05) is 84.5 Å². The maximum atomic E-state index is 12.1. The van der Waals surface area contributed by atoms with Crippen molar-refractivity contribution in [2.75, 3.05) is 27.2 Å². The average Bonchev–Trinajstić information content (AvgIpc) is 2.77. The molecule has 0 saturated heterocycles. The van der Waals surface area contributed by atoms with E-state index in [1.54, 1.807) is 6.92 Å². The molecule has 0 heterocycles. The smallest absolute Gasteiger partial charge is 0.306 e. The summed E-state index contributed by atoms with van der Waals surface area (Å²) < 4.78 is 10.7. The van der Waals surface area contributed by atoms with Crippen LogP contribution < -0.4 is 0 Å². The van der Waals surface area contributed by atoms with Crippen molar-refractivity contribution in [3.05, 3.63) is 0 Å². The Morgan fingerprint density at radius 1 is 0.697 bits per heavy atom. The molecule has 1 atom stereocenters. The number of carbonyl (C=O) groups excluding carboxylic acids is 2. The van der Waals surface area contributed by atoms with Gasteiger partial charge in [-0.05, 0) is 59.2 Å². The maximum absolute atomic E-state index is 12.1. The fraction of sp³-hybridized carbons (Fsp3) is 0.929. The van der Waals surface area contributed by atoms with Crippen LogP contribution in [-0.2, 0) is 19.1 Å². The lowest BCUT2D eigenvalue weighted by atomic mass is 9.90. The van der Waals surface area contributed by atoms with Gasteiger partial charge in [-0.2, -0.15) is 0 Å². The Bertz CT molecular complexity index is 455. The standard InChI is InChI=1S/C28H55NO4/c1-6-8-10-13-18-26(19-14-11-9-7-2)20-17-22-27(30)32-24-25(3)33-28(31)21-15-12-16-23-29(4)5/h25-26H,6-24H2,1-5H3. The van der Waals surface area contributed by atoms with Crippen molar-refractivity contribution in [2.24, 2.45) is 5.92 Å². The summed E-state index contributed by atoms with van der Waals surface area (Å²) in [7, 11) is 4.11. The molecule has 196 valence electrons. The highest BCUT2D eigenvalue weighted by atomic mass is 16.6. The van der Waals surface area contributed by atoms with E-state index < -0.39 is 0 Å². The van der Waals surface area contributed by atoms with E-state index in [1.807, 2.05) is 0 Å². The predicted octanol–water partition coefficient (Wildman–Crippen LogP) is 7.31. The SMILES string of the molecule is CCCCCCC(CCCCCC)CCCC(=O)OCC(C)OC(=O)CCCCCN(C)C. The van der Waals surface area contributed by atoms with Crippen molar-refractivity contribution in [1.29, 1.82) is 0 Å². The number of nitrogens with zero attached hydrogens (tertiary/aromatic N) is 1. The molecular weight excluding hydrogens is 414 g/mol. The van der Waals surface area contributed by atoms with Crippen LogP contribution in [0.2, 0.25) is 0 Å². The molecule has 0 spiro atoms. The molecule has 0 rings (SSSR count). The molecule has 0 aromatic heterocycles. The van der Waals surface area contributed by atoms with Crippen LogP contribution in [0.5, 0.6) is 0 Å². The maximum Gasteiger partial charge on any atom is 0.306 e. The Morgan fingerprint density at radius 3 is 1.82 bits per heavy atom. The highest BCUT2D eigenvalue weighted by Gasteiger charge is 2.14. The first-order chi connectivity index (χ1) is 15.9. The lowest BCUT2D eigenvalue weighted by Crippen LogP contribution is -2.22. The number of unbranched alkanes of at least 4 members (excludes halogenated alkanes) is 8. The van der Waals surface area contributed by atoms with Crippen LogP contribution in [0.4, 0.5) is 0 Å². The minimum Gasteiger partial charge on any atom is -0.462 e. The fourth-order valence-corrected chi connectivity index (χ4v) is 4.16. The van der Waals surface area contributed by atoms with Crippen LogP contribution in [0, 0.1) is 5.92 Å². The monoisotopic (exact) mass is 469 g/mol. The summed E-state index contributed by atoms with van der Waals surface area (Å²) in [4.78, 5) is 26.2. The topological polar surface area (TPSA) is 55.8 Å². The number of esters is 2. The van der Waals surface area contributed by atoms with Crippen LogP contribution in [0.1, 0.15) is 130 Å². The summed E-state index contributed by atoms with van der Waals surface area (Å²) in [5.74, 6) is 0.374. The van der Waals surface area contributed by atoms with E-state index in [4.69, 9.17) is 9.47 Å². The third kappa shape index (κ3) is 22.5. The van der Waals surface area contributed by atoms with Gasteiger partial charge >= 0.3 is 11.9 Å². The molecule has 5 nitrogen and oxygen atoms in total. The van der Waals surface area contributed by atoms with Gasteiger partial charge in [0, 0.05) is 12.8 Å². The Kier molecular flexibility index (Phi) is 21.9. The van der Waals surface area contributed by atoms with Crippen molar-refractivity contribution >= 4 is 11.9 Å². The number of hydrogen-bond acceptors (Lipinski definition) is 5. The van der Waals surface area contributed by atoms with Crippen LogP contribution >= 0.6 is 0 Å². The van der Waals surface area contributed by atoms with E-state index in [1.165, 1.54) is 64.2 Å². The van der Waals surface area contributed by atoms with Crippen LogP contribution in [0.25, 0.3) is 0 Å². The van der Waals surface area contributed by atoms with Crippen molar-refractivity contribution in [2.45, 2.75) is 136 Å². The van der Waals surface area contributed by atoms with E-state index in [9.17, 15) is 9.59 Å². The van der Waals surface area contributed by atoms with Gasteiger partial charge in [0.15, 0.2) is 0 Å². The number of hydrogen-bond donors (Lipinski definition) is 0. The molecule has 0 radical (unpaired) electrons. The van der Waals surface area contributed by atoms with E-state index in [-0.39, 0.29) is 24.6 Å². The molecule has 0 saturated carbocycles. The molecule has 0 aliphatic carbocycles. The van der Waals surface area contributed by atoms with Crippen molar-refractivity contribution in [3.63, 3.8) is 0 Å². The first kappa shape index (κ1) is 31.9. The van der Waals surface area contributed by atoms with Gasteiger partial charge in [-0.25, -0.2) is 0 Å².